The number of ketones is 1. The first-order valence-electron chi connectivity index (χ1n) is 7.26. The molecule has 0 saturated heterocycles. The minimum Gasteiger partial charge on any atom is -0.493 e. The van der Waals surface area contributed by atoms with Gasteiger partial charge in [0.05, 0.1) is 6.61 Å². The summed E-state index contributed by atoms with van der Waals surface area (Å²) in [5.41, 5.74) is 2.97. The average Bonchev–Trinajstić information content (AvgIpc) is 2.49. The van der Waals surface area contributed by atoms with Crippen molar-refractivity contribution in [3.8, 4) is 5.75 Å². The first-order valence-corrected chi connectivity index (χ1v) is 7.26. The molecule has 2 nitrogen and oxygen atoms in total. The summed E-state index contributed by atoms with van der Waals surface area (Å²) in [7, 11) is 0. The molecule has 3 rings (SSSR count). The van der Waals surface area contributed by atoms with Crippen molar-refractivity contribution in [2.75, 3.05) is 6.61 Å². The lowest BCUT2D eigenvalue weighted by atomic mass is 9.90. The van der Waals surface area contributed by atoms with Crippen LogP contribution < -0.4 is 4.74 Å². The second-order valence-electron chi connectivity index (χ2n) is 5.32. The number of rotatable bonds is 4. The number of ether oxygens (including phenoxy) is 1. The smallest absolute Gasteiger partial charge is 0.163 e. The summed E-state index contributed by atoms with van der Waals surface area (Å²) < 4.78 is 18.5. The zero-order valence-corrected chi connectivity index (χ0v) is 11.8. The van der Waals surface area contributed by atoms with Gasteiger partial charge in [0.25, 0.3) is 0 Å². The zero-order valence-electron chi connectivity index (χ0n) is 11.8. The van der Waals surface area contributed by atoms with Crippen LogP contribution in [0.1, 0.15) is 34.3 Å². The van der Waals surface area contributed by atoms with Gasteiger partial charge in [0.1, 0.15) is 11.6 Å². The maximum Gasteiger partial charge on any atom is 0.163 e. The molecular weight excluding hydrogens is 267 g/mol. The van der Waals surface area contributed by atoms with Crippen LogP contribution in [0.5, 0.6) is 5.75 Å². The highest BCUT2D eigenvalue weighted by Gasteiger charge is 2.17. The van der Waals surface area contributed by atoms with Crippen LogP contribution >= 0.6 is 0 Å². The summed E-state index contributed by atoms with van der Waals surface area (Å²) in [5, 5.41) is 0. The molecule has 0 spiro atoms. The summed E-state index contributed by atoms with van der Waals surface area (Å²) in [4.78, 5) is 11.8. The number of carbonyl (C=O) groups is 1. The molecule has 0 aromatic heterocycles. The van der Waals surface area contributed by atoms with Crippen LogP contribution in [0.25, 0.3) is 0 Å². The third kappa shape index (κ3) is 3.30. The molecule has 1 aliphatic rings. The lowest BCUT2D eigenvalue weighted by molar-refractivity contribution is 0.0972. The summed E-state index contributed by atoms with van der Waals surface area (Å²) in [6.45, 7) is 0.540. The van der Waals surface area contributed by atoms with Gasteiger partial charge in [0, 0.05) is 18.4 Å². The Bertz CT molecular complexity index is 647. The standard InChI is InChI=1S/C18H17FO2/c19-15-6-4-13(5-7-15)10-11-21-16-8-9-17-14(12-16)2-1-3-18(17)20/h4-9,12H,1-3,10-11H2. The van der Waals surface area contributed by atoms with E-state index in [9.17, 15) is 9.18 Å². The molecule has 0 fully saturated rings. The van der Waals surface area contributed by atoms with Crippen molar-refractivity contribution in [1.82, 2.24) is 0 Å². The Labute approximate surface area is 123 Å². The molecule has 0 saturated carbocycles. The van der Waals surface area contributed by atoms with E-state index in [0.29, 0.717) is 13.0 Å². The van der Waals surface area contributed by atoms with Gasteiger partial charge in [-0.25, -0.2) is 4.39 Å². The molecule has 21 heavy (non-hydrogen) atoms. The van der Waals surface area contributed by atoms with Crippen molar-refractivity contribution < 1.29 is 13.9 Å². The van der Waals surface area contributed by atoms with Crippen molar-refractivity contribution in [1.29, 1.82) is 0 Å². The fourth-order valence-corrected chi connectivity index (χ4v) is 2.65. The Kier molecular flexibility index (Phi) is 4.00. The second kappa shape index (κ2) is 6.08. The van der Waals surface area contributed by atoms with E-state index in [1.165, 1.54) is 12.1 Å². The van der Waals surface area contributed by atoms with Crippen LogP contribution in [0.4, 0.5) is 4.39 Å². The van der Waals surface area contributed by atoms with E-state index < -0.39 is 0 Å². The average molecular weight is 284 g/mol. The van der Waals surface area contributed by atoms with Crippen LogP contribution in [-0.2, 0) is 12.8 Å². The van der Waals surface area contributed by atoms with E-state index in [-0.39, 0.29) is 11.6 Å². The molecule has 1 aliphatic carbocycles. The van der Waals surface area contributed by atoms with Gasteiger partial charge < -0.3 is 4.74 Å². The summed E-state index contributed by atoms with van der Waals surface area (Å²) in [6.07, 6.45) is 3.25. The Morgan fingerprint density at radius 1 is 1.05 bits per heavy atom. The zero-order chi connectivity index (χ0) is 14.7. The maximum atomic E-state index is 12.8. The van der Waals surface area contributed by atoms with E-state index in [4.69, 9.17) is 4.74 Å². The highest BCUT2D eigenvalue weighted by Crippen LogP contribution is 2.25. The molecular formula is C18H17FO2. The molecule has 0 amide bonds. The fourth-order valence-electron chi connectivity index (χ4n) is 2.65. The van der Waals surface area contributed by atoms with Crippen LogP contribution in [0, 0.1) is 5.82 Å². The van der Waals surface area contributed by atoms with E-state index in [1.54, 1.807) is 12.1 Å². The Hall–Kier alpha value is -2.16. The van der Waals surface area contributed by atoms with E-state index in [1.807, 2.05) is 18.2 Å². The van der Waals surface area contributed by atoms with E-state index in [2.05, 4.69) is 0 Å². The molecule has 2 aromatic rings. The predicted molar refractivity (Wildman–Crippen MR) is 79.3 cm³/mol. The molecule has 2 aromatic carbocycles. The Morgan fingerprint density at radius 2 is 1.86 bits per heavy atom. The number of carbonyl (C=O) groups excluding carboxylic acids is 1. The quantitative estimate of drug-likeness (QED) is 0.849. The van der Waals surface area contributed by atoms with E-state index in [0.717, 1.165) is 41.7 Å². The molecule has 0 aliphatic heterocycles. The topological polar surface area (TPSA) is 26.3 Å². The Balaban J connectivity index is 1.61. The summed E-state index contributed by atoms with van der Waals surface area (Å²) in [6, 6.07) is 12.1. The van der Waals surface area contributed by atoms with Crippen molar-refractivity contribution in [3.63, 3.8) is 0 Å². The van der Waals surface area contributed by atoms with Gasteiger partial charge in [-0.05, 0) is 54.3 Å². The molecule has 0 atom stereocenters. The molecule has 0 unspecified atom stereocenters. The molecule has 0 N–H and O–H groups in total. The van der Waals surface area contributed by atoms with E-state index >= 15 is 0 Å². The number of fused-ring (bicyclic) bond motifs is 1. The van der Waals surface area contributed by atoms with Crippen molar-refractivity contribution in [2.45, 2.75) is 25.7 Å². The van der Waals surface area contributed by atoms with Crippen LogP contribution in [-0.4, -0.2) is 12.4 Å². The van der Waals surface area contributed by atoms with Gasteiger partial charge in [-0.15, -0.1) is 0 Å². The number of hydrogen-bond donors (Lipinski definition) is 0. The van der Waals surface area contributed by atoms with Crippen LogP contribution in [0.2, 0.25) is 0 Å². The van der Waals surface area contributed by atoms with Gasteiger partial charge in [0.15, 0.2) is 5.78 Å². The van der Waals surface area contributed by atoms with Gasteiger partial charge in [-0.2, -0.15) is 0 Å². The summed E-state index contributed by atoms with van der Waals surface area (Å²) >= 11 is 0. The molecule has 0 heterocycles. The first-order chi connectivity index (χ1) is 10.2. The predicted octanol–water partition coefficient (Wildman–Crippen LogP) is 3.97. The molecule has 108 valence electrons. The van der Waals surface area contributed by atoms with Gasteiger partial charge >= 0.3 is 0 Å². The van der Waals surface area contributed by atoms with Gasteiger partial charge in [-0.3, -0.25) is 4.79 Å². The lowest BCUT2D eigenvalue weighted by Gasteiger charge is -2.16. The maximum absolute atomic E-state index is 12.8. The largest absolute Gasteiger partial charge is 0.493 e. The third-order valence-electron chi connectivity index (χ3n) is 3.80. The normalized spacial score (nSPS) is 13.9. The van der Waals surface area contributed by atoms with Gasteiger partial charge in [-0.1, -0.05) is 12.1 Å². The van der Waals surface area contributed by atoms with Crippen LogP contribution in [0.3, 0.4) is 0 Å². The molecule has 0 bridgehead atoms. The minimum absolute atomic E-state index is 0.223. The molecule has 0 radical (unpaired) electrons. The highest BCUT2D eigenvalue weighted by atomic mass is 19.1. The SMILES string of the molecule is O=C1CCCc2cc(OCCc3ccc(F)cc3)ccc21. The van der Waals surface area contributed by atoms with Gasteiger partial charge in [0.2, 0.25) is 0 Å². The highest BCUT2D eigenvalue weighted by molar-refractivity contribution is 5.98. The van der Waals surface area contributed by atoms with Crippen molar-refractivity contribution in [3.05, 3.63) is 65.0 Å². The lowest BCUT2D eigenvalue weighted by Crippen LogP contribution is -2.11. The summed E-state index contributed by atoms with van der Waals surface area (Å²) in [5.74, 6) is 0.804. The second-order valence-corrected chi connectivity index (χ2v) is 5.32. The Morgan fingerprint density at radius 3 is 2.67 bits per heavy atom. The van der Waals surface area contributed by atoms with Crippen molar-refractivity contribution in [2.24, 2.45) is 0 Å². The number of benzene rings is 2. The van der Waals surface area contributed by atoms with Crippen molar-refractivity contribution >= 4 is 5.78 Å². The number of Topliss-reactive ketones (excluding diaryl/α,β-unsaturated/α-hetero) is 1. The van der Waals surface area contributed by atoms with Crippen LogP contribution in [0.15, 0.2) is 42.5 Å². The monoisotopic (exact) mass is 284 g/mol. The molecule has 3 heteroatoms. The first kappa shape index (κ1) is 13.8. The number of aryl methyl sites for hydroxylation is 1. The fraction of sp³-hybridized carbons (Fsp3) is 0.278. The number of halogens is 1. The number of hydrogen-bond acceptors (Lipinski definition) is 2. The minimum atomic E-state index is -0.223. The third-order valence-corrected chi connectivity index (χ3v) is 3.80.